The Labute approximate surface area is 188 Å². The van der Waals surface area contributed by atoms with Crippen molar-refractivity contribution in [2.75, 3.05) is 30.5 Å². The molecule has 0 aliphatic rings. The Balaban J connectivity index is 2.32. The smallest absolute Gasteiger partial charge is 0.264 e. The van der Waals surface area contributed by atoms with Crippen LogP contribution in [0.15, 0.2) is 53.4 Å². The van der Waals surface area contributed by atoms with Crippen molar-refractivity contribution in [3.05, 3.63) is 59.7 Å². The van der Waals surface area contributed by atoms with Gasteiger partial charge >= 0.3 is 0 Å². The largest absolute Gasteiger partial charge is 0.385 e. The lowest BCUT2D eigenvalue weighted by atomic mass is 10.1. The quantitative estimate of drug-likeness (QED) is 0.557. The lowest BCUT2D eigenvalue weighted by molar-refractivity contribution is -0.909. The van der Waals surface area contributed by atoms with E-state index in [2.05, 4.69) is 27.7 Å². The van der Waals surface area contributed by atoms with Gasteiger partial charge in [0.25, 0.3) is 10.0 Å². The molecule has 2 aromatic rings. The summed E-state index contributed by atoms with van der Waals surface area (Å²) in [5, 5.41) is 11.0. The van der Waals surface area contributed by atoms with Crippen molar-refractivity contribution in [1.82, 2.24) is 0 Å². The van der Waals surface area contributed by atoms with Gasteiger partial charge < -0.3 is 10.0 Å². The number of hydrogen-bond acceptors (Lipinski definition) is 3. The molecular formula is C25H39N2O3S+. The van der Waals surface area contributed by atoms with Crippen molar-refractivity contribution in [2.24, 2.45) is 11.8 Å². The number of aryl methyl sites for hydroxylation is 2. The predicted octanol–water partition coefficient (Wildman–Crippen LogP) is 3.06. The molecule has 6 heteroatoms. The number of benzene rings is 2. The van der Waals surface area contributed by atoms with Crippen molar-refractivity contribution < 1.29 is 18.4 Å². The molecule has 0 saturated heterocycles. The molecule has 0 radical (unpaired) electrons. The van der Waals surface area contributed by atoms with E-state index in [0.29, 0.717) is 24.1 Å². The lowest BCUT2D eigenvalue weighted by Gasteiger charge is -2.30. The molecule has 31 heavy (non-hydrogen) atoms. The fourth-order valence-corrected chi connectivity index (χ4v) is 5.39. The predicted molar refractivity (Wildman–Crippen MR) is 128 cm³/mol. The minimum absolute atomic E-state index is 0.0267. The molecule has 2 N–H and O–H groups in total. The number of aliphatic hydroxyl groups is 1. The highest BCUT2D eigenvalue weighted by atomic mass is 32.2. The van der Waals surface area contributed by atoms with Crippen LogP contribution in [0.25, 0.3) is 0 Å². The first-order valence-electron chi connectivity index (χ1n) is 11.2. The van der Waals surface area contributed by atoms with Crippen LogP contribution in [-0.2, 0) is 10.0 Å². The third-order valence-electron chi connectivity index (χ3n) is 5.23. The first kappa shape index (κ1) is 25.4. The second kappa shape index (κ2) is 11.1. The van der Waals surface area contributed by atoms with E-state index in [4.69, 9.17) is 0 Å². The fraction of sp³-hybridized carbons (Fsp3) is 0.520. The number of hydrogen-bond donors (Lipinski definition) is 2. The van der Waals surface area contributed by atoms with E-state index in [-0.39, 0.29) is 11.4 Å². The van der Waals surface area contributed by atoms with Crippen LogP contribution in [0.1, 0.15) is 38.8 Å². The van der Waals surface area contributed by atoms with E-state index in [1.807, 2.05) is 26.0 Å². The van der Waals surface area contributed by atoms with Crippen LogP contribution >= 0.6 is 0 Å². The SMILES string of the molecule is Cc1ccc(N(CC(O)C[NH+](CC(C)C)CC(C)C)S(=O)(=O)c2ccc(C)cc2)cc1. The number of aliphatic hydroxyl groups excluding tert-OH is 1. The van der Waals surface area contributed by atoms with Crippen molar-refractivity contribution in [2.45, 2.75) is 52.5 Å². The molecule has 0 fully saturated rings. The van der Waals surface area contributed by atoms with Gasteiger partial charge in [-0.25, -0.2) is 8.42 Å². The Morgan fingerprint density at radius 1 is 0.806 bits per heavy atom. The van der Waals surface area contributed by atoms with Crippen LogP contribution in [0, 0.1) is 25.7 Å². The molecule has 0 aliphatic heterocycles. The third kappa shape index (κ3) is 7.63. The topological polar surface area (TPSA) is 62.1 Å². The van der Waals surface area contributed by atoms with E-state index in [1.165, 1.54) is 9.21 Å². The Hall–Kier alpha value is -1.89. The number of anilines is 1. The minimum Gasteiger partial charge on any atom is -0.385 e. The van der Waals surface area contributed by atoms with Gasteiger partial charge in [0.05, 0.1) is 30.2 Å². The molecule has 0 spiro atoms. The third-order valence-corrected chi connectivity index (χ3v) is 7.03. The van der Waals surface area contributed by atoms with Crippen LogP contribution in [-0.4, -0.2) is 45.8 Å². The number of sulfonamides is 1. The summed E-state index contributed by atoms with van der Waals surface area (Å²) < 4.78 is 28.4. The molecular weight excluding hydrogens is 408 g/mol. The second-order valence-corrected chi connectivity index (χ2v) is 11.4. The standard InChI is InChI=1S/C25H38N2O3S/c1-19(2)15-26(16-20(3)4)17-24(28)18-27(23-11-7-21(5)8-12-23)31(29,30)25-13-9-22(6)10-14-25/h7-14,19-20,24,28H,15-18H2,1-6H3/p+1. The molecule has 0 aliphatic carbocycles. The van der Waals surface area contributed by atoms with Gasteiger partial charge in [0.2, 0.25) is 0 Å². The highest BCUT2D eigenvalue weighted by Crippen LogP contribution is 2.24. The zero-order valence-electron chi connectivity index (χ0n) is 19.8. The maximum atomic E-state index is 13.5. The summed E-state index contributed by atoms with van der Waals surface area (Å²) in [6, 6.07) is 14.3. The highest BCUT2D eigenvalue weighted by Gasteiger charge is 2.29. The van der Waals surface area contributed by atoms with E-state index in [0.717, 1.165) is 24.2 Å². The molecule has 0 aromatic heterocycles. The monoisotopic (exact) mass is 447 g/mol. The Morgan fingerprint density at radius 2 is 1.26 bits per heavy atom. The van der Waals surface area contributed by atoms with Crippen LogP contribution in [0.3, 0.4) is 0 Å². The first-order chi connectivity index (χ1) is 14.5. The number of nitrogens with zero attached hydrogens (tertiary/aromatic N) is 1. The Morgan fingerprint density at radius 3 is 1.71 bits per heavy atom. The molecule has 2 rings (SSSR count). The molecule has 172 valence electrons. The molecule has 5 nitrogen and oxygen atoms in total. The average molecular weight is 448 g/mol. The van der Waals surface area contributed by atoms with Gasteiger partial charge in [0.15, 0.2) is 0 Å². The van der Waals surface area contributed by atoms with Crippen LogP contribution < -0.4 is 9.21 Å². The normalized spacial score (nSPS) is 13.2. The maximum absolute atomic E-state index is 13.5. The summed E-state index contributed by atoms with van der Waals surface area (Å²) >= 11 is 0. The fourth-order valence-electron chi connectivity index (χ4n) is 3.88. The summed E-state index contributed by atoms with van der Waals surface area (Å²) in [6.45, 7) is 15.0. The van der Waals surface area contributed by atoms with Crippen LogP contribution in [0.5, 0.6) is 0 Å². The van der Waals surface area contributed by atoms with Gasteiger partial charge in [-0.2, -0.15) is 0 Å². The maximum Gasteiger partial charge on any atom is 0.264 e. The molecule has 0 amide bonds. The van der Waals surface area contributed by atoms with E-state index in [9.17, 15) is 13.5 Å². The molecule has 1 atom stereocenters. The Bertz CT molecular complexity index is 897. The van der Waals surface area contributed by atoms with Crippen molar-refractivity contribution in [3.63, 3.8) is 0 Å². The van der Waals surface area contributed by atoms with Crippen molar-refractivity contribution in [1.29, 1.82) is 0 Å². The Kier molecular flexibility index (Phi) is 9.10. The van der Waals surface area contributed by atoms with Gasteiger partial charge in [-0.1, -0.05) is 63.1 Å². The summed E-state index contributed by atoms with van der Waals surface area (Å²) in [5.41, 5.74) is 2.63. The van der Waals surface area contributed by atoms with Crippen LogP contribution in [0.4, 0.5) is 5.69 Å². The molecule has 0 heterocycles. The summed E-state index contributed by atoms with van der Waals surface area (Å²) in [4.78, 5) is 1.54. The molecule has 2 aromatic carbocycles. The summed E-state index contributed by atoms with van der Waals surface area (Å²) in [5.74, 6) is 1.01. The van der Waals surface area contributed by atoms with Gasteiger partial charge in [0, 0.05) is 11.8 Å². The number of quaternary nitrogens is 1. The first-order valence-corrected chi connectivity index (χ1v) is 12.6. The molecule has 0 bridgehead atoms. The summed E-state index contributed by atoms with van der Waals surface area (Å²) in [6.07, 6.45) is -0.769. The van der Waals surface area contributed by atoms with Crippen molar-refractivity contribution >= 4 is 15.7 Å². The van der Waals surface area contributed by atoms with Crippen molar-refractivity contribution in [3.8, 4) is 0 Å². The van der Waals surface area contributed by atoms with Gasteiger partial charge in [0.1, 0.15) is 12.6 Å². The average Bonchev–Trinajstić information content (AvgIpc) is 2.66. The zero-order chi connectivity index (χ0) is 23.2. The zero-order valence-corrected chi connectivity index (χ0v) is 20.6. The molecule has 1 unspecified atom stereocenters. The van der Waals surface area contributed by atoms with Crippen LogP contribution in [0.2, 0.25) is 0 Å². The lowest BCUT2D eigenvalue weighted by Crippen LogP contribution is -3.14. The minimum atomic E-state index is -3.80. The van der Waals surface area contributed by atoms with E-state index < -0.39 is 16.1 Å². The van der Waals surface area contributed by atoms with Gasteiger partial charge in [-0.05, 0) is 38.1 Å². The number of rotatable bonds is 11. The van der Waals surface area contributed by atoms with Gasteiger partial charge in [-0.15, -0.1) is 0 Å². The molecule has 0 saturated carbocycles. The summed E-state index contributed by atoms with van der Waals surface area (Å²) in [7, 11) is -3.80. The second-order valence-electron chi connectivity index (χ2n) is 9.49. The van der Waals surface area contributed by atoms with E-state index >= 15 is 0 Å². The van der Waals surface area contributed by atoms with Gasteiger partial charge in [-0.3, -0.25) is 4.31 Å². The highest BCUT2D eigenvalue weighted by molar-refractivity contribution is 7.92. The number of nitrogens with one attached hydrogen (secondary N) is 1. The van der Waals surface area contributed by atoms with E-state index in [1.54, 1.807) is 36.4 Å².